The molecule has 0 aliphatic carbocycles. The quantitative estimate of drug-likeness (QED) is 0.126. The van der Waals surface area contributed by atoms with Crippen molar-refractivity contribution in [1.29, 1.82) is 0 Å². The van der Waals surface area contributed by atoms with Gasteiger partial charge in [-0.05, 0) is 42.5 Å². The van der Waals surface area contributed by atoms with Crippen LogP contribution < -0.4 is 5.32 Å². The number of carbonyl (C=O) groups is 1. The van der Waals surface area contributed by atoms with Gasteiger partial charge in [0.1, 0.15) is 5.82 Å². The molecule has 0 saturated carbocycles. The first-order chi connectivity index (χ1) is 19.2. The average molecular weight is 613 g/mol. The SMILES string of the molecule is O=C(Nc1nc(-c2ccc(C(F)(F)F)cc2C(F)(F)F)nc2c1cnn2-c1cccc(Cl)c1)c1ccc([N+](=O)[O-])s1. The first kappa shape index (κ1) is 28.0. The fourth-order valence-corrected chi connectivity index (χ4v) is 4.69. The third-order valence-electron chi connectivity index (χ3n) is 5.60. The van der Waals surface area contributed by atoms with Crippen molar-refractivity contribution in [1.82, 2.24) is 19.7 Å². The van der Waals surface area contributed by atoms with Crippen molar-refractivity contribution in [2.24, 2.45) is 0 Å². The van der Waals surface area contributed by atoms with Crippen LogP contribution in [0.4, 0.5) is 37.2 Å². The van der Waals surface area contributed by atoms with Crippen LogP contribution in [-0.2, 0) is 12.4 Å². The molecule has 0 unspecified atom stereocenters. The van der Waals surface area contributed by atoms with E-state index in [0.29, 0.717) is 29.2 Å². The zero-order valence-electron chi connectivity index (χ0n) is 19.8. The maximum Gasteiger partial charge on any atom is 0.417 e. The summed E-state index contributed by atoms with van der Waals surface area (Å²) in [5.74, 6) is -1.89. The third kappa shape index (κ3) is 5.55. The number of nitrogens with zero attached hydrogens (tertiary/aromatic N) is 5. The van der Waals surface area contributed by atoms with Crippen LogP contribution in [0.15, 0.2) is 60.8 Å². The van der Waals surface area contributed by atoms with E-state index < -0.39 is 45.7 Å². The van der Waals surface area contributed by atoms with Crippen molar-refractivity contribution in [3.05, 3.63) is 91.9 Å². The minimum atomic E-state index is -5.23. The number of amides is 1. The van der Waals surface area contributed by atoms with E-state index in [9.17, 15) is 41.3 Å². The molecular weight excluding hydrogens is 602 g/mol. The van der Waals surface area contributed by atoms with Crippen molar-refractivity contribution in [3.63, 3.8) is 0 Å². The van der Waals surface area contributed by atoms with Crippen LogP contribution in [0, 0.1) is 10.1 Å². The van der Waals surface area contributed by atoms with Crippen LogP contribution in [-0.4, -0.2) is 30.6 Å². The van der Waals surface area contributed by atoms with Gasteiger partial charge >= 0.3 is 17.4 Å². The van der Waals surface area contributed by atoms with Gasteiger partial charge in [0.15, 0.2) is 11.5 Å². The molecule has 9 nitrogen and oxygen atoms in total. The molecule has 1 N–H and O–H groups in total. The van der Waals surface area contributed by atoms with Crippen LogP contribution in [0.3, 0.4) is 0 Å². The van der Waals surface area contributed by atoms with Gasteiger partial charge in [0.25, 0.3) is 5.91 Å². The molecule has 0 saturated heterocycles. The summed E-state index contributed by atoms with van der Waals surface area (Å²) in [7, 11) is 0. The van der Waals surface area contributed by atoms with Gasteiger partial charge in [-0.15, -0.1) is 0 Å². The summed E-state index contributed by atoms with van der Waals surface area (Å²) in [6, 6.07) is 9.40. The molecule has 3 aromatic heterocycles. The summed E-state index contributed by atoms with van der Waals surface area (Å²) in [6.07, 6.45) is -9.08. The number of alkyl halides is 6. The third-order valence-corrected chi connectivity index (χ3v) is 6.87. The van der Waals surface area contributed by atoms with Crippen LogP contribution in [0.5, 0.6) is 0 Å². The molecular formula is C24H11ClF6N6O3S. The summed E-state index contributed by atoms with van der Waals surface area (Å²) < 4.78 is 82.8. The number of rotatable bonds is 5. The zero-order chi connectivity index (χ0) is 29.7. The lowest BCUT2D eigenvalue weighted by molar-refractivity contribution is -0.380. The predicted molar refractivity (Wildman–Crippen MR) is 136 cm³/mol. The van der Waals surface area contributed by atoms with Crippen molar-refractivity contribution in [3.8, 4) is 17.1 Å². The van der Waals surface area contributed by atoms with E-state index in [4.69, 9.17) is 11.6 Å². The second-order valence-corrected chi connectivity index (χ2v) is 9.77. The van der Waals surface area contributed by atoms with Gasteiger partial charge < -0.3 is 5.32 Å². The van der Waals surface area contributed by atoms with Gasteiger partial charge in [0.2, 0.25) is 0 Å². The standard InChI is InChI=1S/C24H11ClF6N6O3S/c25-12-2-1-3-13(9-12)36-21-15(10-32-36)20(35-22(38)17-6-7-18(41-17)37(39)40)33-19(34-21)14-5-4-11(23(26,27)28)8-16(14)24(29,30)31/h1-10H,(H,33,34,35,38). The van der Waals surface area contributed by atoms with Gasteiger partial charge in [-0.25, -0.2) is 14.6 Å². The Labute approximate surface area is 233 Å². The number of fused-ring (bicyclic) bond motifs is 1. The molecule has 17 heteroatoms. The summed E-state index contributed by atoms with van der Waals surface area (Å²) >= 11 is 6.60. The zero-order valence-corrected chi connectivity index (χ0v) is 21.4. The minimum absolute atomic E-state index is 0.0496. The highest BCUT2D eigenvalue weighted by Crippen LogP contribution is 2.41. The average Bonchev–Trinajstić information content (AvgIpc) is 3.55. The molecule has 3 heterocycles. The smallest absolute Gasteiger partial charge is 0.305 e. The van der Waals surface area contributed by atoms with Crippen molar-refractivity contribution < 1.29 is 36.1 Å². The number of hydrogen-bond acceptors (Lipinski definition) is 7. The lowest BCUT2D eigenvalue weighted by atomic mass is 10.0. The molecule has 210 valence electrons. The number of thiophene rings is 1. The van der Waals surface area contributed by atoms with Gasteiger partial charge in [-0.1, -0.05) is 29.0 Å². The Bertz CT molecular complexity index is 1830. The Morgan fingerprint density at radius 1 is 1.00 bits per heavy atom. The van der Waals surface area contributed by atoms with E-state index in [1.807, 2.05) is 0 Å². The fraction of sp³-hybridized carbons (Fsp3) is 0.0833. The van der Waals surface area contributed by atoms with Gasteiger partial charge in [-0.3, -0.25) is 14.9 Å². The second-order valence-electron chi connectivity index (χ2n) is 8.27. The highest BCUT2D eigenvalue weighted by molar-refractivity contribution is 7.17. The van der Waals surface area contributed by atoms with Crippen LogP contribution in [0.2, 0.25) is 5.02 Å². The maximum absolute atomic E-state index is 14.0. The van der Waals surface area contributed by atoms with Crippen LogP contribution in [0.25, 0.3) is 28.1 Å². The maximum atomic E-state index is 14.0. The predicted octanol–water partition coefficient (Wildman–Crippen LogP) is 7.40. The number of halogens is 7. The Hall–Kier alpha value is -4.57. The normalized spacial score (nSPS) is 12.1. The number of carbonyl (C=O) groups excluding carboxylic acids is 1. The Kier molecular flexibility index (Phi) is 6.90. The van der Waals surface area contributed by atoms with Gasteiger partial charge in [0.05, 0.1) is 38.2 Å². The molecule has 0 fully saturated rings. The minimum Gasteiger partial charge on any atom is -0.305 e. The van der Waals surface area contributed by atoms with E-state index in [0.717, 1.165) is 6.07 Å². The van der Waals surface area contributed by atoms with E-state index in [1.165, 1.54) is 23.0 Å². The number of nitro groups is 1. The second kappa shape index (κ2) is 10.1. The first-order valence-corrected chi connectivity index (χ1v) is 12.3. The highest BCUT2D eigenvalue weighted by Gasteiger charge is 2.39. The Morgan fingerprint density at radius 3 is 2.39 bits per heavy atom. The van der Waals surface area contributed by atoms with E-state index in [-0.39, 0.29) is 37.8 Å². The first-order valence-electron chi connectivity index (χ1n) is 11.1. The molecule has 2 aromatic carbocycles. The van der Waals surface area contributed by atoms with Gasteiger partial charge in [0, 0.05) is 16.7 Å². The number of hydrogen-bond donors (Lipinski definition) is 1. The highest BCUT2D eigenvalue weighted by atomic mass is 35.5. The lowest BCUT2D eigenvalue weighted by Crippen LogP contribution is -2.15. The summed E-state index contributed by atoms with van der Waals surface area (Å²) in [4.78, 5) is 31.3. The molecule has 5 rings (SSSR count). The van der Waals surface area contributed by atoms with Gasteiger partial charge in [-0.2, -0.15) is 31.4 Å². The number of benzene rings is 2. The lowest BCUT2D eigenvalue weighted by Gasteiger charge is -2.16. The molecule has 41 heavy (non-hydrogen) atoms. The van der Waals surface area contributed by atoms with E-state index >= 15 is 0 Å². The Balaban J connectivity index is 1.72. The number of anilines is 1. The van der Waals surface area contributed by atoms with Crippen LogP contribution >= 0.6 is 22.9 Å². The summed E-state index contributed by atoms with van der Waals surface area (Å²) in [5, 5.41) is 17.6. The molecule has 0 spiro atoms. The molecule has 0 aliphatic rings. The van der Waals surface area contributed by atoms with E-state index in [2.05, 4.69) is 20.4 Å². The number of nitrogens with one attached hydrogen (secondary N) is 1. The molecule has 5 aromatic rings. The fourth-order valence-electron chi connectivity index (χ4n) is 3.79. The van der Waals surface area contributed by atoms with Crippen LogP contribution in [0.1, 0.15) is 20.8 Å². The molecule has 1 amide bonds. The van der Waals surface area contributed by atoms with Crippen molar-refractivity contribution >= 4 is 50.7 Å². The molecule has 0 atom stereocenters. The molecule has 0 bridgehead atoms. The molecule has 0 aliphatic heterocycles. The monoisotopic (exact) mass is 612 g/mol. The summed E-state index contributed by atoms with van der Waals surface area (Å²) in [6.45, 7) is 0. The molecule has 0 radical (unpaired) electrons. The van der Waals surface area contributed by atoms with Crippen molar-refractivity contribution in [2.75, 3.05) is 5.32 Å². The topological polar surface area (TPSA) is 116 Å². The largest absolute Gasteiger partial charge is 0.417 e. The summed E-state index contributed by atoms with van der Waals surface area (Å²) in [5.41, 5.74) is -3.78. The van der Waals surface area contributed by atoms with E-state index in [1.54, 1.807) is 18.2 Å². The number of aromatic nitrogens is 4. The van der Waals surface area contributed by atoms with Crippen molar-refractivity contribution in [2.45, 2.75) is 12.4 Å². The Morgan fingerprint density at radius 2 is 1.76 bits per heavy atom.